The molecule has 0 unspecified atom stereocenters. The minimum atomic E-state index is -0.736. The van der Waals surface area contributed by atoms with Crippen LogP contribution in [0.4, 0.5) is 0 Å². The van der Waals surface area contributed by atoms with E-state index in [1.54, 1.807) is 18.2 Å². The second kappa shape index (κ2) is 12.9. The third kappa shape index (κ3) is 8.21. The van der Waals surface area contributed by atoms with Crippen molar-refractivity contribution in [1.82, 2.24) is 0 Å². The molecule has 2 aromatic rings. The fourth-order valence-corrected chi connectivity index (χ4v) is 2.73. The molecule has 2 aromatic carbocycles. The largest absolute Gasteiger partial charge is 0.493 e. The van der Waals surface area contributed by atoms with Crippen molar-refractivity contribution in [2.75, 3.05) is 20.3 Å². The van der Waals surface area contributed by atoms with E-state index in [1.165, 1.54) is 46.1 Å². The van der Waals surface area contributed by atoms with Gasteiger partial charge in [-0.1, -0.05) is 25.8 Å². The molecular formula is C28H28O9. The summed E-state index contributed by atoms with van der Waals surface area (Å²) >= 11 is 0. The molecule has 0 aliphatic heterocycles. The quantitative estimate of drug-likeness (QED) is 0.186. The van der Waals surface area contributed by atoms with Gasteiger partial charge in [0.05, 0.1) is 12.7 Å². The van der Waals surface area contributed by atoms with Crippen molar-refractivity contribution >= 4 is 23.9 Å². The number of hydrogen-bond acceptors (Lipinski definition) is 9. The van der Waals surface area contributed by atoms with Crippen LogP contribution >= 0.6 is 0 Å². The summed E-state index contributed by atoms with van der Waals surface area (Å²) in [4.78, 5) is 48.2. The smallest absolute Gasteiger partial charge is 0.338 e. The highest BCUT2D eigenvalue weighted by molar-refractivity contribution is 5.94. The van der Waals surface area contributed by atoms with Crippen molar-refractivity contribution in [3.8, 4) is 28.4 Å². The highest BCUT2D eigenvalue weighted by atomic mass is 16.6. The molecule has 0 spiro atoms. The standard InChI is InChI=1S/C28H28O9/c1-16(2)25(29)34-10-11-35-28(32)21-12-20(13-22(14-21)36-26(30)17(3)4)19-8-9-23(24(15-19)33-7)37-27(31)18(5)6/h8-9,12-15H,1,3,5,10-11H2,2,4,6-7H3. The maximum Gasteiger partial charge on any atom is 0.338 e. The first-order valence-electron chi connectivity index (χ1n) is 11.0. The lowest BCUT2D eigenvalue weighted by molar-refractivity contribution is -0.140. The summed E-state index contributed by atoms with van der Waals surface area (Å²) in [5.74, 6) is -2.13. The summed E-state index contributed by atoms with van der Waals surface area (Å²) in [6.07, 6.45) is 0. The molecule has 0 heterocycles. The third-order valence-corrected chi connectivity index (χ3v) is 4.65. The van der Waals surface area contributed by atoms with Crippen LogP contribution in [0.1, 0.15) is 31.1 Å². The van der Waals surface area contributed by atoms with Gasteiger partial charge >= 0.3 is 23.9 Å². The van der Waals surface area contributed by atoms with Gasteiger partial charge in [0, 0.05) is 16.7 Å². The van der Waals surface area contributed by atoms with E-state index in [9.17, 15) is 19.2 Å². The molecule has 9 nitrogen and oxygen atoms in total. The molecule has 0 saturated carbocycles. The van der Waals surface area contributed by atoms with E-state index < -0.39 is 23.9 Å². The van der Waals surface area contributed by atoms with E-state index in [4.69, 9.17) is 23.7 Å². The van der Waals surface area contributed by atoms with E-state index in [-0.39, 0.29) is 52.7 Å². The SMILES string of the molecule is C=C(C)C(=O)OCCOC(=O)c1cc(OC(=O)C(=C)C)cc(-c2ccc(OC(=O)C(=C)C)c(OC)c2)c1. The minimum Gasteiger partial charge on any atom is -0.493 e. The van der Waals surface area contributed by atoms with Crippen molar-refractivity contribution in [3.05, 3.63) is 78.4 Å². The van der Waals surface area contributed by atoms with Crippen molar-refractivity contribution < 1.29 is 42.9 Å². The van der Waals surface area contributed by atoms with Crippen LogP contribution in [0.15, 0.2) is 72.9 Å². The fourth-order valence-electron chi connectivity index (χ4n) is 2.73. The minimum absolute atomic E-state index is 0.0721. The van der Waals surface area contributed by atoms with E-state index >= 15 is 0 Å². The Kier molecular flexibility index (Phi) is 9.94. The number of carbonyl (C=O) groups excluding carboxylic acids is 4. The number of rotatable bonds is 11. The van der Waals surface area contributed by atoms with E-state index in [2.05, 4.69) is 19.7 Å². The predicted molar refractivity (Wildman–Crippen MR) is 135 cm³/mol. The van der Waals surface area contributed by atoms with Crippen LogP contribution in [0.2, 0.25) is 0 Å². The Labute approximate surface area is 214 Å². The molecule has 0 saturated heterocycles. The van der Waals surface area contributed by atoms with Gasteiger partial charge in [-0.3, -0.25) is 0 Å². The molecule has 2 rings (SSSR count). The van der Waals surface area contributed by atoms with Gasteiger partial charge < -0.3 is 23.7 Å². The molecule has 0 fully saturated rings. The zero-order valence-electron chi connectivity index (χ0n) is 21.2. The summed E-state index contributed by atoms with van der Waals surface area (Å²) in [6.45, 7) is 14.7. The monoisotopic (exact) mass is 508 g/mol. The molecule has 0 aliphatic carbocycles. The zero-order valence-corrected chi connectivity index (χ0v) is 21.2. The lowest BCUT2D eigenvalue weighted by Gasteiger charge is -2.13. The molecule has 0 atom stereocenters. The van der Waals surface area contributed by atoms with Crippen LogP contribution < -0.4 is 14.2 Å². The van der Waals surface area contributed by atoms with Crippen LogP contribution in [-0.2, 0) is 23.9 Å². The summed E-state index contributed by atoms with van der Waals surface area (Å²) in [5.41, 5.74) is 1.71. The summed E-state index contributed by atoms with van der Waals surface area (Å²) in [6, 6.07) is 9.15. The van der Waals surface area contributed by atoms with Crippen molar-refractivity contribution in [2.45, 2.75) is 20.8 Å². The Morgan fingerprint density at radius 1 is 0.676 bits per heavy atom. The lowest BCUT2D eigenvalue weighted by atomic mass is 10.0. The number of hydrogen-bond donors (Lipinski definition) is 0. The van der Waals surface area contributed by atoms with E-state index in [0.29, 0.717) is 11.1 Å². The summed E-state index contributed by atoms with van der Waals surface area (Å²) in [5, 5.41) is 0. The number of ether oxygens (including phenoxy) is 5. The molecule has 37 heavy (non-hydrogen) atoms. The first-order valence-corrected chi connectivity index (χ1v) is 11.0. The normalized spacial score (nSPS) is 10.1. The van der Waals surface area contributed by atoms with Gasteiger partial charge in [0.25, 0.3) is 0 Å². The molecular weight excluding hydrogens is 480 g/mol. The molecule has 0 amide bonds. The van der Waals surface area contributed by atoms with Crippen molar-refractivity contribution in [1.29, 1.82) is 0 Å². The Morgan fingerprint density at radius 3 is 1.86 bits per heavy atom. The van der Waals surface area contributed by atoms with E-state index in [1.807, 2.05) is 0 Å². The van der Waals surface area contributed by atoms with Gasteiger partial charge in [0.1, 0.15) is 19.0 Å². The van der Waals surface area contributed by atoms with Crippen LogP contribution in [0.3, 0.4) is 0 Å². The van der Waals surface area contributed by atoms with Crippen molar-refractivity contribution in [2.24, 2.45) is 0 Å². The number of benzene rings is 2. The lowest BCUT2D eigenvalue weighted by Crippen LogP contribution is -2.15. The Hall–Kier alpha value is -4.66. The van der Waals surface area contributed by atoms with Gasteiger partial charge in [-0.25, -0.2) is 19.2 Å². The van der Waals surface area contributed by atoms with Crippen LogP contribution in [-0.4, -0.2) is 44.2 Å². The van der Waals surface area contributed by atoms with Crippen molar-refractivity contribution in [3.63, 3.8) is 0 Å². The average Bonchev–Trinajstić information content (AvgIpc) is 2.85. The first-order chi connectivity index (χ1) is 17.4. The molecule has 0 N–H and O–H groups in total. The number of methoxy groups -OCH3 is 1. The Balaban J connectivity index is 2.38. The highest BCUT2D eigenvalue weighted by Crippen LogP contribution is 2.35. The molecule has 0 bridgehead atoms. The molecule has 0 aromatic heterocycles. The predicted octanol–water partition coefficient (Wildman–Crippen LogP) is 4.60. The Bertz CT molecular complexity index is 1270. The highest BCUT2D eigenvalue weighted by Gasteiger charge is 2.17. The van der Waals surface area contributed by atoms with Crippen LogP contribution in [0.5, 0.6) is 17.2 Å². The fraction of sp³-hybridized carbons (Fsp3) is 0.214. The Morgan fingerprint density at radius 2 is 1.27 bits per heavy atom. The maximum absolute atomic E-state index is 12.7. The van der Waals surface area contributed by atoms with Gasteiger partial charge in [0.15, 0.2) is 11.5 Å². The molecule has 0 aliphatic rings. The maximum atomic E-state index is 12.7. The molecule has 194 valence electrons. The number of esters is 4. The first kappa shape index (κ1) is 28.6. The second-order valence-electron chi connectivity index (χ2n) is 8.00. The summed E-state index contributed by atoms with van der Waals surface area (Å²) in [7, 11) is 1.41. The van der Waals surface area contributed by atoms with Gasteiger partial charge in [-0.05, 0) is 62.2 Å². The molecule has 9 heteroatoms. The van der Waals surface area contributed by atoms with Gasteiger partial charge in [-0.2, -0.15) is 0 Å². The zero-order chi connectivity index (χ0) is 27.7. The summed E-state index contributed by atoms with van der Waals surface area (Å²) < 4.78 is 26.1. The average molecular weight is 509 g/mol. The van der Waals surface area contributed by atoms with Crippen LogP contribution in [0, 0.1) is 0 Å². The van der Waals surface area contributed by atoms with Gasteiger partial charge in [-0.15, -0.1) is 0 Å². The van der Waals surface area contributed by atoms with Crippen LogP contribution in [0.25, 0.3) is 11.1 Å². The topological polar surface area (TPSA) is 114 Å². The van der Waals surface area contributed by atoms with E-state index in [0.717, 1.165) is 0 Å². The van der Waals surface area contributed by atoms with Gasteiger partial charge in [0.2, 0.25) is 0 Å². The third-order valence-electron chi connectivity index (χ3n) is 4.65. The molecule has 0 radical (unpaired) electrons. The second-order valence-corrected chi connectivity index (χ2v) is 8.00. The number of carbonyl (C=O) groups is 4.